The van der Waals surface area contributed by atoms with Gasteiger partial charge in [0, 0.05) is 24.5 Å². The van der Waals surface area contributed by atoms with Crippen LogP contribution in [0.15, 0.2) is 12.1 Å². The molecule has 4 rings (SSSR count). The number of hydrogen-bond acceptors (Lipinski definition) is 6. The molecule has 0 saturated carbocycles. The van der Waals surface area contributed by atoms with Crippen LogP contribution in [0.1, 0.15) is 93.2 Å². The fraction of sp³-hybridized carbons (Fsp3) is 0.708. The molecule has 2 saturated heterocycles. The van der Waals surface area contributed by atoms with Gasteiger partial charge in [0.05, 0.1) is 26.4 Å². The number of methoxy groups -OCH3 is 2. The van der Waals surface area contributed by atoms with Gasteiger partial charge in [0.2, 0.25) is 0 Å². The Bertz CT molecular complexity index is 762. The Labute approximate surface area is 179 Å². The van der Waals surface area contributed by atoms with Crippen LogP contribution in [0.4, 0.5) is 0 Å². The standard InChI is InChI=1S/C24H34O6/c1-16-10-12-24(29-16)13-11-17(30-24)8-6-4-5-7-9-20-19-14-18(26-2)15-21(27-3)22(19)23(25)28-20/h14-17,20H,4-13H2,1-3H3/t16-,17+,20-,24+/m1/s1. The van der Waals surface area contributed by atoms with Gasteiger partial charge in [-0.15, -0.1) is 0 Å². The minimum Gasteiger partial charge on any atom is -0.497 e. The molecule has 0 radical (unpaired) electrons. The lowest BCUT2D eigenvalue weighted by atomic mass is 9.98. The fourth-order valence-electron chi connectivity index (χ4n) is 5.07. The average Bonchev–Trinajstić information content (AvgIpc) is 3.41. The van der Waals surface area contributed by atoms with E-state index >= 15 is 0 Å². The zero-order chi connectivity index (χ0) is 21.1. The average molecular weight is 419 g/mol. The molecule has 0 aliphatic carbocycles. The van der Waals surface area contributed by atoms with Crippen LogP contribution < -0.4 is 9.47 Å². The van der Waals surface area contributed by atoms with Crippen molar-refractivity contribution < 1.29 is 28.5 Å². The number of cyclic esters (lactones) is 1. The van der Waals surface area contributed by atoms with Crippen LogP contribution in [-0.2, 0) is 14.2 Å². The molecule has 6 nitrogen and oxygen atoms in total. The van der Waals surface area contributed by atoms with Crippen molar-refractivity contribution in [1.82, 2.24) is 0 Å². The van der Waals surface area contributed by atoms with Crippen molar-refractivity contribution >= 4 is 5.97 Å². The van der Waals surface area contributed by atoms with Gasteiger partial charge < -0.3 is 23.7 Å². The summed E-state index contributed by atoms with van der Waals surface area (Å²) in [5.74, 6) is 0.632. The fourth-order valence-corrected chi connectivity index (χ4v) is 5.07. The normalized spacial score (nSPS) is 30.0. The van der Waals surface area contributed by atoms with Crippen molar-refractivity contribution in [1.29, 1.82) is 0 Å². The maximum absolute atomic E-state index is 12.3. The molecule has 0 bridgehead atoms. The van der Waals surface area contributed by atoms with Crippen molar-refractivity contribution in [3.63, 3.8) is 0 Å². The summed E-state index contributed by atoms with van der Waals surface area (Å²) in [6.07, 6.45) is 11.2. The molecule has 0 amide bonds. The van der Waals surface area contributed by atoms with E-state index in [4.69, 9.17) is 23.7 Å². The highest BCUT2D eigenvalue weighted by Gasteiger charge is 2.45. The van der Waals surface area contributed by atoms with Crippen molar-refractivity contribution in [3.8, 4) is 11.5 Å². The molecule has 6 heteroatoms. The summed E-state index contributed by atoms with van der Waals surface area (Å²) in [7, 11) is 3.17. The Morgan fingerprint density at radius 3 is 2.47 bits per heavy atom. The van der Waals surface area contributed by atoms with Gasteiger partial charge in [-0.05, 0) is 45.1 Å². The van der Waals surface area contributed by atoms with E-state index in [1.54, 1.807) is 20.3 Å². The highest BCUT2D eigenvalue weighted by molar-refractivity contribution is 5.97. The number of ether oxygens (including phenoxy) is 5. The van der Waals surface area contributed by atoms with Gasteiger partial charge in [0.1, 0.15) is 23.2 Å². The van der Waals surface area contributed by atoms with Crippen molar-refractivity contribution in [2.24, 2.45) is 0 Å². The third-order valence-corrected chi connectivity index (χ3v) is 6.68. The summed E-state index contributed by atoms with van der Waals surface area (Å²) in [5.41, 5.74) is 1.42. The summed E-state index contributed by atoms with van der Waals surface area (Å²) in [6.45, 7) is 2.14. The lowest BCUT2D eigenvalue weighted by Gasteiger charge is -2.24. The Balaban J connectivity index is 1.19. The van der Waals surface area contributed by atoms with Crippen LogP contribution in [0, 0.1) is 0 Å². The monoisotopic (exact) mass is 418 g/mol. The van der Waals surface area contributed by atoms with Gasteiger partial charge >= 0.3 is 5.97 Å². The zero-order valence-electron chi connectivity index (χ0n) is 18.4. The number of fused-ring (bicyclic) bond motifs is 1. The van der Waals surface area contributed by atoms with Gasteiger partial charge in [0.25, 0.3) is 0 Å². The highest BCUT2D eigenvalue weighted by atomic mass is 16.7. The summed E-state index contributed by atoms with van der Waals surface area (Å²) in [6, 6.07) is 3.63. The maximum atomic E-state index is 12.3. The van der Waals surface area contributed by atoms with E-state index < -0.39 is 0 Å². The predicted molar refractivity (Wildman–Crippen MR) is 112 cm³/mol. The number of unbranched alkanes of at least 4 members (excludes halogenated alkanes) is 3. The van der Waals surface area contributed by atoms with Crippen LogP contribution in [0.2, 0.25) is 0 Å². The largest absolute Gasteiger partial charge is 0.497 e. The van der Waals surface area contributed by atoms with Crippen LogP contribution in [-0.4, -0.2) is 38.2 Å². The van der Waals surface area contributed by atoms with E-state index in [0.717, 1.165) is 56.9 Å². The maximum Gasteiger partial charge on any atom is 0.342 e. The smallest absolute Gasteiger partial charge is 0.342 e. The van der Waals surface area contributed by atoms with Gasteiger partial charge in [-0.2, -0.15) is 0 Å². The number of hydrogen-bond donors (Lipinski definition) is 0. The van der Waals surface area contributed by atoms with E-state index in [1.807, 2.05) is 6.07 Å². The molecular weight excluding hydrogens is 384 g/mol. The first-order valence-electron chi connectivity index (χ1n) is 11.4. The summed E-state index contributed by atoms with van der Waals surface area (Å²) in [5, 5.41) is 0. The van der Waals surface area contributed by atoms with Gasteiger partial charge in [-0.3, -0.25) is 0 Å². The first-order chi connectivity index (χ1) is 14.5. The SMILES string of the molecule is COc1cc(OC)c2c(c1)[C@@H](CCCCCC[C@H]1CC[C@]3(CC[C@@H](C)O3)O1)OC2=O. The minimum absolute atomic E-state index is 0.212. The predicted octanol–water partition coefficient (Wildman–Crippen LogP) is 5.33. The van der Waals surface area contributed by atoms with E-state index in [-0.39, 0.29) is 17.9 Å². The van der Waals surface area contributed by atoms with Gasteiger partial charge in [-0.1, -0.05) is 19.3 Å². The highest BCUT2D eigenvalue weighted by Crippen LogP contribution is 2.43. The van der Waals surface area contributed by atoms with Crippen molar-refractivity contribution in [3.05, 3.63) is 23.3 Å². The molecule has 3 aliphatic rings. The second kappa shape index (κ2) is 9.15. The summed E-state index contributed by atoms with van der Waals surface area (Å²) < 4.78 is 28.6. The van der Waals surface area contributed by atoms with Crippen LogP contribution in [0.25, 0.3) is 0 Å². The molecule has 30 heavy (non-hydrogen) atoms. The minimum atomic E-state index is -0.301. The first kappa shape index (κ1) is 21.4. The van der Waals surface area contributed by atoms with E-state index in [2.05, 4.69) is 6.92 Å². The van der Waals surface area contributed by atoms with Crippen LogP contribution in [0.3, 0.4) is 0 Å². The van der Waals surface area contributed by atoms with Crippen molar-refractivity contribution in [2.75, 3.05) is 14.2 Å². The lowest BCUT2D eigenvalue weighted by molar-refractivity contribution is -0.214. The number of carbonyl (C=O) groups excluding carboxylic acids is 1. The molecule has 2 fully saturated rings. The first-order valence-corrected chi connectivity index (χ1v) is 11.4. The molecule has 1 aromatic carbocycles. The number of rotatable bonds is 9. The number of carbonyl (C=O) groups is 1. The molecule has 0 N–H and O–H groups in total. The van der Waals surface area contributed by atoms with E-state index in [0.29, 0.717) is 29.3 Å². The summed E-state index contributed by atoms with van der Waals surface area (Å²) in [4.78, 5) is 12.3. The Hall–Kier alpha value is -1.79. The molecule has 3 heterocycles. The number of benzene rings is 1. The Morgan fingerprint density at radius 2 is 1.77 bits per heavy atom. The third-order valence-electron chi connectivity index (χ3n) is 6.68. The molecule has 0 unspecified atom stereocenters. The molecule has 3 aliphatic heterocycles. The van der Waals surface area contributed by atoms with Crippen molar-refractivity contribution in [2.45, 2.75) is 95.2 Å². The molecule has 0 aromatic heterocycles. The second-order valence-electron chi connectivity index (χ2n) is 8.84. The molecule has 166 valence electrons. The Morgan fingerprint density at radius 1 is 1.00 bits per heavy atom. The molecule has 1 spiro atoms. The summed E-state index contributed by atoms with van der Waals surface area (Å²) >= 11 is 0. The van der Waals surface area contributed by atoms with E-state index in [1.165, 1.54) is 12.8 Å². The topological polar surface area (TPSA) is 63.2 Å². The van der Waals surface area contributed by atoms with E-state index in [9.17, 15) is 4.79 Å². The van der Waals surface area contributed by atoms with Gasteiger partial charge in [-0.25, -0.2) is 4.79 Å². The van der Waals surface area contributed by atoms with Crippen LogP contribution in [0.5, 0.6) is 11.5 Å². The molecular formula is C24H34O6. The van der Waals surface area contributed by atoms with Crippen LogP contribution >= 0.6 is 0 Å². The number of esters is 1. The second-order valence-corrected chi connectivity index (χ2v) is 8.84. The lowest BCUT2D eigenvalue weighted by Crippen LogP contribution is -2.28. The van der Waals surface area contributed by atoms with Gasteiger partial charge in [0.15, 0.2) is 5.79 Å². The molecule has 1 aromatic rings. The zero-order valence-corrected chi connectivity index (χ0v) is 18.4. The molecule has 4 atom stereocenters. The quantitative estimate of drug-likeness (QED) is 0.399. The Kier molecular flexibility index (Phi) is 6.54. The third kappa shape index (κ3) is 4.45.